The van der Waals surface area contributed by atoms with Crippen LogP contribution in [0.4, 0.5) is 14.5 Å². The molecule has 1 aliphatic heterocycles. The average molecular weight is 572 g/mol. The molecule has 0 saturated carbocycles. The van der Waals surface area contributed by atoms with Crippen LogP contribution >= 0.6 is 0 Å². The first kappa shape index (κ1) is 31.4. The average Bonchev–Trinajstić information content (AvgIpc) is 3.30. The fourth-order valence-electron chi connectivity index (χ4n) is 3.52. The van der Waals surface area contributed by atoms with Crippen LogP contribution in [0.2, 0.25) is 0 Å². The quantitative estimate of drug-likeness (QED) is 0.323. The summed E-state index contributed by atoms with van der Waals surface area (Å²) in [5.41, 5.74) is 0.825. The number of hydrogen-bond acceptors (Lipinski definition) is 8. The summed E-state index contributed by atoms with van der Waals surface area (Å²) in [6.07, 6.45) is 0.629. The molecule has 1 aromatic carbocycles. The van der Waals surface area contributed by atoms with Crippen LogP contribution < -0.4 is 14.2 Å². The molecule has 2 aromatic rings. The molecule has 2 heterocycles. The van der Waals surface area contributed by atoms with Gasteiger partial charge in [-0.2, -0.15) is 0 Å². The molecule has 1 unspecified atom stereocenters. The van der Waals surface area contributed by atoms with Crippen LogP contribution in [0.25, 0.3) is 0 Å². The number of nitrogens with one attached hydrogen (secondary N) is 1. The molecule has 14 heteroatoms. The minimum atomic E-state index is -3.87. The molecule has 1 aliphatic rings. The minimum absolute atomic E-state index is 0.0152. The van der Waals surface area contributed by atoms with Gasteiger partial charge in [-0.15, -0.1) is 0 Å². The fourth-order valence-corrected chi connectivity index (χ4v) is 4.63. The van der Waals surface area contributed by atoms with Gasteiger partial charge in [0.05, 0.1) is 16.3 Å². The van der Waals surface area contributed by atoms with E-state index in [4.69, 9.17) is 19.7 Å². The van der Waals surface area contributed by atoms with Gasteiger partial charge in [-0.1, -0.05) is 6.92 Å². The summed E-state index contributed by atoms with van der Waals surface area (Å²) in [4.78, 5) is 25.8. The van der Waals surface area contributed by atoms with Gasteiger partial charge >= 0.3 is 11.9 Å². The number of carbonyl (C=O) groups is 2. The Kier molecular flexibility index (Phi) is 12.1. The van der Waals surface area contributed by atoms with E-state index in [0.29, 0.717) is 29.4 Å². The molecule has 1 aromatic heterocycles. The summed E-state index contributed by atoms with van der Waals surface area (Å²) in [6, 6.07) is 8.53. The van der Waals surface area contributed by atoms with Crippen molar-refractivity contribution >= 4 is 27.6 Å². The van der Waals surface area contributed by atoms with Gasteiger partial charge in [0.15, 0.2) is 0 Å². The molecule has 1 fully saturated rings. The van der Waals surface area contributed by atoms with Crippen LogP contribution in [0.15, 0.2) is 53.4 Å². The molecule has 0 aliphatic carbocycles. The van der Waals surface area contributed by atoms with E-state index in [1.165, 1.54) is 24.3 Å². The van der Waals surface area contributed by atoms with E-state index < -0.39 is 35.0 Å². The number of nitrogens with zero attached hydrogens (tertiary/aromatic N) is 2. The van der Waals surface area contributed by atoms with Crippen LogP contribution in [-0.2, 0) is 19.6 Å². The van der Waals surface area contributed by atoms with Gasteiger partial charge in [0.25, 0.3) is 16.4 Å². The highest BCUT2D eigenvalue weighted by Gasteiger charge is 2.24. The lowest BCUT2D eigenvalue weighted by atomic mass is 10.3. The van der Waals surface area contributed by atoms with Crippen molar-refractivity contribution < 1.29 is 46.5 Å². The lowest BCUT2D eigenvalue weighted by molar-refractivity contribution is -0.134. The molecule has 3 N–H and O–H groups in total. The smallest absolute Gasteiger partial charge is 0.328 e. The predicted molar refractivity (Wildman–Crippen MR) is 138 cm³/mol. The van der Waals surface area contributed by atoms with Crippen LogP contribution in [0.5, 0.6) is 11.6 Å². The normalized spacial score (nSPS) is 15.6. The number of sulfonamides is 1. The number of carboxylic acid groups (broad SMARTS) is 2. The van der Waals surface area contributed by atoms with Crippen molar-refractivity contribution in [2.24, 2.45) is 0 Å². The number of aromatic nitrogens is 1. The number of likely N-dealkylation sites (tertiary alicyclic amines) is 1. The first-order valence-corrected chi connectivity index (χ1v) is 13.4. The lowest BCUT2D eigenvalue weighted by Crippen LogP contribution is -2.25. The molecular weight excluding hydrogens is 540 g/mol. The van der Waals surface area contributed by atoms with Gasteiger partial charge in [-0.3, -0.25) is 9.62 Å². The van der Waals surface area contributed by atoms with E-state index in [-0.39, 0.29) is 16.7 Å². The Morgan fingerprint density at radius 1 is 1.15 bits per heavy atom. The first-order chi connectivity index (χ1) is 18.4. The Bertz CT molecular complexity index is 1220. The highest BCUT2D eigenvalue weighted by molar-refractivity contribution is 7.92. The number of alkyl halides is 2. The van der Waals surface area contributed by atoms with Crippen LogP contribution in [0.3, 0.4) is 0 Å². The summed E-state index contributed by atoms with van der Waals surface area (Å²) < 4.78 is 63.1. The highest BCUT2D eigenvalue weighted by atomic mass is 32.2. The standard InChI is InChI=1S/C21H27F2N3O4S.C4H4O4/c1-3-11-26-12-10-17(13-26)30-21-9-8-19(15(2)24-21)25-31(27,28)18-6-4-16(5-7-18)29-14-20(22)23;5-3(6)1-2-4(7)8/h4-9,17,20,25H,3,10-14H2,1-2H3;1-2H,(H,5,6)(H,7,8)/b;2-1+. The number of ether oxygens (including phenoxy) is 2. The van der Waals surface area contributed by atoms with Crippen molar-refractivity contribution in [1.29, 1.82) is 0 Å². The Balaban J connectivity index is 0.000000580. The molecule has 11 nitrogen and oxygen atoms in total. The first-order valence-electron chi connectivity index (χ1n) is 11.9. The molecule has 1 atom stereocenters. The van der Waals surface area contributed by atoms with Crippen molar-refractivity contribution in [3.05, 3.63) is 54.2 Å². The van der Waals surface area contributed by atoms with Crippen molar-refractivity contribution in [2.75, 3.05) is 31.0 Å². The number of rotatable bonds is 12. The zero-order valence-electron chi connectivity index (χ0n) is 21.4. The molecular formula is C25H31F2N3O8S. The number of pyridine rings is 1. The van der Waals surface area contributed by atoms with Crippen molar-refractivity contribution in [2.45, 2.75) is 44.1 Å². The molecule has 39 heavy (non-hydrogen) atoms. The number of anilines is 1. The third-order valence-corrected chi connectivity index (χ3v) is 6.62. The van der Waals surface area contributed by atoms with E-state index in [9.17, 15) is 26.8 Å². The molecule has 0 radical (unpaired) electrons. The molecule has 0 amide bonds. The SMILES string of the molecule is CCCN1CCC(Oc2ccc(NS(=O)(=O)c3ccc(OCC(F)F)cc3)c(C)n2)C1.O=C(O)/C=C/C(=O)O. The number of hydrogen-bond donors (Lipinski definition) is 3. The van der Waals surface area contributed by atoms with Crippen molar-refractivity contribution in [3.63, 3.8) is 0 Å². The molecule has 1 saturated heterocycles. The van der Waals surface area contributed by atoms with Gasteiger partial charge in [-0.25, -0.2) is 31.8 Å². The maximum atomic E-state index is 12.7. The van der Waals surface area contributed by atoms with E-state index in [0.717, 1.165) is 32.5 Å². The number of benzene rings is 1. The maximum absolute atomic E-state index is 12.7. The van der Waals surface area contributed by atoms with Gasteiger partial charge in [-0.05, 0) is 56.6 Å². The third-order valence-electron chi connectivity index (χ3n) is 5.24. The third kappa shape index (κ3) is 11.2. The van der Waals surface area contributed by atoms with E-state index in [1.807, 2.05) is 0 Å². The van der Waals surface area contributed by atoms with Gasteiger partial charge in [0.2, 0.25) is 5.88 Å². The number of aliphatic carboxylic acids is 2. The number of halogens is 2. The zero-order valence-corrected chi connectivity index (χ0v) is 22.2. The highest BCUT2D eigenvalue weighted by Crippen LogP contribution is 2.24. The fraction of sp³-hybridized carbons (Fsp3) is 0.400. The Labute approximate surface area is 225 Å². The summed E-state index contributed by atoms with van der Waals surface area (Å²) in [5.74, 6) is -1.88. The van der Waals surface area contributed by atoms with E-state index in [1.54, 1.807) is 19.1 Å². The molecule has 0 bridgehead atoms. The Morgan fingerprint density at radius 3 is 2.33 bits per heavy atom. The van der Waals surface area contributed by atoms with Gasteiger partial charge in [0.1, 0.15) is 18.5 Å². The predicted octanol–water partition coefficient (Wildman–Crippen LogP) is 3.41. The zero-order chi connectivity index (χ0) is 29.0. The second-order valence-corrected chi connectivity index (χ2v) is 10.1. The Hall–Kier alpha value is -3.78. The Morgan fingerprint density at radius 2 is 1.79 bits per heavy atom. The van der Waals surface area contributed by atoms with Gasteiger partial charge in [0, 0.05) is 31.3 Å². The largest absolute Gasteiger partial charge is 0.488 e. The molecule has 3 rings (SSSR count). The van der Waals surface area contributed by atoms with Crippen molar-refractivity contribution in [3.8, 4) is 11.6 Å². The number of carboxylic acids is 2. The molecule has 0 spiro atoms. The van der Waals surface area contributed by atoms with Crippen LogP contribution in [0.1, 0.15) is 25.5 Å². The summed E-state index contributed by atoms with van der Waals surface area (Å²) in [7, 11) is -3.87. The van der Waals surface area contributed by atoms with E-state index >= 15 is 0 Å². The monoisotopic (exact) mass is 571 g/mol. The summed E-state index contributed by atoms with van der Waals surface area (Å²) in [5, 5.41) is 15.6. The minimum Gasteiger partial charge on any atom is -0.488 e. The lowest BCUT2D eigenvalue weighted by Gasteiger charge is -2.16. The van der Waals surface area contributed by atoms with Crippen molar-refractivity contribution in [1.82, 2.24) is 9.88 Å². The topological polar surface area (TPSA) is 155 Å². The van der Waals surface area contributed by atoms with Gasteiger partial charge < -0.3 is 19.7 Å². The second-order valence-electron chi connectivity index (χ2n) is 8.40. The number of aryl methyl sites for hydroxylation is 1. The summed E-state index contributed by atoms with van der Waals surface area (Å²) in [6.45, 7) is 6.01. The second kappa shape index (κ2) is 15.0. The van der Waals surface area contributed by atoms with Crippen LogP contribution in [-0.4, -0.2) is 79.2 Å². The van der Waals surface area contributed by atoms with E-state index in [2.05, 4.69) is 21.5 Å². The molecule has 214 valence electrons. The maximum Gasteiger partial charge on any atom is 0.328 e. The summed E-state index contributed by atoms with van der Waals surface area (Å²) >= 11 is 0. The van der Waals surface area contributed by atoms with Crippen LogP contribution in [0, 0.1) is 6.92 Å².